The zero-order chi connectivity index (χ0) is 15.2. The molecule has 1 aromatic carbocycles. The van der Waals surface area contributed by atoms with Gasteiger partial charge in [0.15, 0.2) is 9.84 Å². The van der Waals surface area contributed by atoms with Gasteiger partial charge in [-0.1, -0.05) is 0 Å². The van der Waals surface area contributed by atoms with E-state index in [-0.39, 0.29) is 11.3 Å². The van der Waals surface area contributed by atoms with E-state index in [1.54, 1.807) is 26.1 Å². The quantitative estimate of drug-likeness (QED) is 0.779. The average Bonchev–Trinajstić information content (AvgIpc) is 2.43. The fourth-order valence-corrected chi connectivity index (χ4v) is 3.17. The van der Waals surface area contributed by atoms with Crippen LogP contribution in [-0.2, 0) is 14.6 Å². The first-order valence-electron chi connectivity index (χ1n) is 6.03. The lowest BCUT2D eigenvalue weighted by atomic mass is 10.1. The van der Waals surface area contributed by atoms with Gasteiger partial charge in [0.1, 0.15) is 0 Å². The number of benzene rings is 1. The van der Waals surface area contributed by atoms with Gasteiger partial charge in [0.2, 0.25) is 0 Å². The molecule has 0 aromatic heterocycles. The predicted octanol–water partition coefficient (Wildman–Crippen LogP) is 1.62. The van der Waals surface area contributed by atoms with Gasteiger partial charge in [-0.05, 0) is 31.2 Å². The third-order valence-corrected chi connectivity index (χ3v) is 4.63. The highest BCUT2D eigenvalue weighted by Crippen LogP contribution is 2.18. The smallest absolute Gasteiger partial charge is 0.308 e. The third kappa shape index (κ3) is 4.28. The fraction of sp³-hybridized carbons (Fsp3) is 0.357. The first-order chi connectivity index (χ1) is 9.40. The molecule has 1 atom stereocenters. The van der Waals surface area contributed by atoms with Crippen molar-refractivity contribution in [2.24, 2.45) is 5.92 Å². The van der Waals surface area contributed by atoms with Crippen molar-refractivity contribution in [2.75, 3.05) is 18.1 Å². The molecular formula is C14H17NO4S. The summed E-state index contributed by atoms with van der Waals surface area (Å²) >= 11 is 0. The first-order valence-corrected chi connectivity index (χ1v) is 7.69. The van der Waals surface area contributed by atoms with Crippen molar-refractivity contribution in [1.82, 2.24) is 0 Å². The van der Waals surface area contributed by atoms with Crippen LogP contribution in [0.2, 0.25) is 0 Å². The van der Waals surface area contributed by atoms with E-state index in [0.29, 0.717) is 0 Å². The van der Waals surface area contributed by atoms with Crippen molar-refractivity contribution in [1.29, 1.82) is 0 Å². The summed E-state index contributed by atoms with van der Waals surface area (Å²) in [5, 5.41) is 11.9. The topological polar surface area (TPSA) is 83.5 Å². The highest BCUT2D eigenvalue weighted by atomic mass is 32.2. The van der Waals surface area contributed by atoms with E-state index in [2.05, 4.69) is 17.2 Å². The summed E-state index contributed by atoms with van der Waals surface area (Å²) < 4.78 is 24.4. The minimum atomic E-state index is -3.64. The lowest BCUT2D eigenvalue weighted by Gasteiger charge is -2.10. The van der Waals surface area contributed by atoms with E-state index in [1.807, 2.05) is 0 Å². The minimum Gasteiger partial charge on any atom is -0.481 e. The second-order valence-electron chi connectivity index (χ2n) is 4.22. The summed E-state index contributed by atoms with van der Waals surface area (Å²) in [6.07, 6.45) is 0.0274. The van der Waals surface area contributed by atoms with Crippen molar-refractivity contribution in [3.63, 3.8) is 0 Å². The number of sulfone groups is 1. The number of anilines is 1. The van der Waals surface area contributed by atoms with Crippen LogP contribution < -0.4 is 5.32 Å². The molecule has 0 spiro atoms. The van der Waals surface area contributed by atoms with Gasteiger partial charge in [-0.25, -0.2) is 8.42 Å². The molecule has 0 aliphatic carbocycles. The number of carboxylic acids is 1. The summed E-state index contributed by atoms with van der Waals surface area (Å²) in [7, 11) is -1.91. The Morgan fingerprint density at radius 2 is 1.95 bits per heavy atom. The van der Waals surface area contributed by atoms with Crippen molar-refractivity contribution in [2.45, 2.75) is 18.2 Å². The number of aliphatic carboxylic acids is 1. The lowest BCUT2D eigenvalue weighted by molar-refractivity contribution is -0.140. The second kappa shape index (κ2) is 6.96. The number of hydrogen-bond donors (Lipinski definition) is 2. The monoisotopic (exact) mass is 295 g/mol. The molecule has 0 unspecified atom stereocenters. The molecule has 1 aromatic rings. The molecule has 0 amide bonds. The van der Waals surface area contributed by atoms with Crippen LogP contribution in [0.5, 0.6) is 0 Å². The van der Waals surface area contributed by atoms with Gasteiger partial charge >= 0.3 is 5.97 Å². The van der Waals surface area contributed by atoms with E-state index in [0.717, 1.165) is 5.69 Å². The molecule has 0 aliphatic heterocycles. The predicted molar refractivity (Wildman–Crippen MR) is 77.2 cm³/mol. The Morgan fingerprint density at radius 3 is 2.40 bits per heavy atom. The standard InChI is InChI=1S/C14H17NO4S/c1-3-4-5-11(14(16)17)10-20(18,19)13-8-6-12(15-2)7-9-13/h6-9,11,15H,5,10H2,1-2H3,(H,16,17)/t11-/m0/s1. The number of carbonyl (C=O) groups is 1. The molecule has 5 nitrogen and oxygen atoms in total. The zero-order valence-electron chi connectivity index (χ0n) is 11.4. The molecule has 20 heavy (non-hydrogen) atoms. The van der Waals surface area contributed by atoms with Gasteiger partial charge in [-0.2, -0.15) is 0 Å². The molecule has 0 bridgehead atoms. The summed E-state index contributed by atoms with van der Waals surface area (Å²) in [5.74, 6) is 2.58. The molecule has 108 valence electrons. The van der Waals surface area contributed by atoms with Gasteiger partial charge in [0.25, 0.3) is 0 Å². The first kappa shape index (κ1) is 16.1. The van der Waals surface area contributed by atoms with Gasteiger partial charge < -0.3 is 10.4 Å². The van der Waals surface area contributed by atoms with Crippen molar-refractivity contribution < 1.29 is 18.3 Å². The maximum atomic E-state index is 12.2. The van der Waals surface area contributed by atoms with Crippen LogP contribution in [-0.4, -0.2) is 32.3 Å². The number of nitrogens with one attached hydrogen (secondary N) is 1. The molecule has 0 fully saturated rings. The Kier molecular flexibility index (Phi) is 5.59. The second-order valence-corrected chi connectivity index (χ2v) is 6.26. The summed E-state index contributed by atoms with van der Waals surface area (Å²) in [4.78, 5) is 11.2. The minimum absolute atomic E-state index is 0.0274. The SMILES string of the molecule is CC#CC[C@@H](CS(=O)(=O)c1ccc(NC)cc1)C(=O)O. The molecular weight excluding hydrogens is 278 g/mol. The molecule has 6 heteroatoms. The Morgan fingerprint density at radius 1 is 1.35 bits per heavy atom. The van der Waals surface area contributed by atoms with E-state index in [9.17, 15) is 13.2 Å². The van der Waals surface area contributed by atoms with Crippen LogP contribution in [0.4, 0.5) is 5.69 Å². The van der Waals surface area contributed by atoms with E-state index >= 15 is 0 Å². The summed E-state index contributed by atoms with van der Waals surface area (Å²) in [6, 6.07) is 6.19. The van der Waals surface area contributed by atoms with Gasteiger partial charge in [0, 0.05) is 19.2 Å². The molecule has 2 N–H and O–H groups in total. The van der Waals surface area contributed by atoms with Gasteiger partial charge in [-0.3, -0.25) is 4.79 Å². The Hall–Kier alpha value is -2.00. The van der Waals surface area contributed by atoms with Crippen LogP contribution in [0.1, 0.15) is 13.3 Å². The third-order valence-electron chi connectivity index (χ3n) is 2.80. The Balaban J connectivity index is 2.95. The molecule has 0 saturated heterocycles. The molecule has 0 radical (unpaired) electrons. The number of hydrogen-bond acceptors (Lipinski definition) is 4. The van der Waals surface area contributed by atoms with Crippen LogP contribution in [0, 0.1) is 17.8 Å². The van der Waals surface area contributed by atoms with E-state index in [1.165, 1.54) is 12.1 Å². The lowest BCUT2D eigenvalue weighted by Crippen LogP contribution is -2.23. The Labute approximate surface area is 118 Å². The van der Waals surface area contributed by atoms with Crippen LogP contribution in [0.15, 0.2) is 29.2 Å². The molecule has 1 rings (SSSR count). The van der Waals surface area contributed by atoms with E-state index in [4.69, 9.17) is 5.11 Å². The van der Waals surface area contributed by atoms with Crippen LogP contribution in [0.3, 0.4) is 0 Å². The Bertz CT molecular complexity index is 623. The zero-order valence-corrected chi connectivity index (χ0v) is 12.2. The highest BCUT2D eigenvalue weighted by Gasteiger charge is 2.25. The maximum absolute atomic E-state index is 12.2. The van der Waals surface area contributed by atoms with Crippen molar-refractivity contribution in [3.8, 4) is 11.8 Å². The van der Waals surface area contributed by atoms with Crippen molar-refractivity contribution >= 4 is 21.5 Å². The normalized spacial score (nSPS) is 12.1. The fourth-order valence-electron chi connectivity index (χ4n) is 1.63. The summed E-state index contributed by atoms with van der Waals surface area (Å²) in [5.41, 5.74) is 0.788. The average molecular weight is 295 g/mol. The number of carboxylic acid groups (broad SMARTS) is 1. The summed E-state index contributed by atoms with van der Waals surface area (Å²) in [6.45, 7) is 1.59. The largest absolute Gasteiger partial charge is 0.481 e. The maximum Gasteiger partial charge on any atom is 0.308 e. The number of rotatable bonds is 6. The van der Waals surface area contributed by atoms with Crippen LogP contribution in [0.25, 0.3) is 0 Å². The molecule has 0 saturated carbocycles. The van der Waals surface area contributed by atoms with Gasteiger partial charge in [-0.15, -0.1) is 11.8 Å². The molecule has 0 aliphatic rings. The van der Waals surface area contributed by atoms with Gasteiger partial charge in [0.05, 0.1) is 16.6 Å². The van der Waals surface area contributed by atoms with Crippen molar-refractivity contribution in [3.05, 3.63) is 24.3 Å². The van der Waals surface area contributed by atoms with Crippen LogP contribution >= 0.6 is 0 Å². The van der Waals surface area contributed by atoms with E-state index < -0.39 is 27.5 Å². The highest BCUT2D eigenvalue weighted by molar-refractivity contribution is 7.91. The molecule has 0 heterocycles.